The average molecular weight is 530 g/mol. The molecule has 38 heavy (non-hydrogen) atoms. The number of aliphatic carboxylic acids is 1. The lowest BCUT2D eigenvalue weighted by Gasteiger charge is -2.23. The van der Waals surface area contributed by atoms with Gasteiger partial charge in [0.2, 0.25) is 0 Å². The predicted molar refractivity (Wildman–Crippen MR) is 146 cm³/mol. The number of H-pyrrole nitrogens is 1. The number of nitrogens with one attached hydrogen (secondary N) is 1. The number of carbonyl (C=O) groups excluding carboxylic acids is 1. The van der Waals surface area contributed by atoms with Gasteiger partial charge in [-0.1, -0.05) is 53.2 Å². The highest BCUT2D eigenvalue weighted by Gasteiger charge is 2.30. The first-order valence-electron chi connectivity index (χ1n) is 12.0. The zero-order chi connectivity index (χ0) is 26.8. The van der Waals surface area contributed by atoms with Crippen molar-refractivity contribution in [1.82, 2.24) is 10.1 Å². The summed E-state index contributed by atoms with van der Waals surface area (Å²) in [6.45, 7) is 3.64. The largest absolute Gasteiger partial charge is 0.481 e. The molecule has 0 atom stereocenters. The number of fused-ring (bicyclic) bond motifs is 1. The number of aromatic amines is 1. The topological polar surface area (TPSA) is 109 Å². The average Bonchev–Trinajstić information content (AvgIpc) is 3.48. The van der Waals surface area contributed by atoms with Crippen molar-refractivity contribution >= 4 is 45.9 Å². The van der Waals surface area contributed by atoms with Gasteiger partial charge in [0.1, 0.15) is 11.4 Å². The van der Waals surface area contributed by atoms with E-state index in [0.717, 1.165) is 27.6 Å². The molecule has 0 aliphatic rings. The van der Waals surface area contributed by atoms with Gasteiger partial charge in [0.15, 0.2) is 5.76 Å². The minimum atomic E-state index is -0.892. The Morgan fingerprint density at radius 3 is 2.58 bits per heavy atom. The fraction of sp³-hybridized carbons (Fsp3) is 0.138. The third kappa shape index (κ3) is 4.73. The third-order valence-electron chi connectivity index (χ3n) is 6.18. The molecule has 0 unspecified atom stereocenters. The van der Waals surface area contributed by atoms with E-state index in [2.05, 4.69) is 10.1 Å². The van der Waals surface area contributed by atoms with Crippen molar-refractivity contribution < 1.29 is 24.0 Å². The highest BCUT2D eigenvalue weighted by Crippen LogP contribution is 2.41. The molecule has 3 aromatic carbocycles. The molecule has 2 heterocycles. The van der Waals surface area contributed by atoms with Gasteiger partial charge in [0.05, 0.1) is 23.7 Å². The molecule has 0 bridgehead atoms. The number of benzene rings is 3. The van der Waals surface area contributed by atoms with Crippen molar-refractivity contribution in [3.63, 3.8) is 0 Å². The van der Waals surface area contributed by atoms with Crippen molar-refractivity contribution in [3.8, 4) is 22.4 Å². The smallest absolute Gasteiger partial charge is 0.419 e. The van der Waals surface area contributed by atoms with E-state index < -0.39 is 12.1 Å². The molecule has 2 aromatic heterocycles. The summed E-state index contributed by atoms with van der Waals surface area (Å²) in [7, 11) is 0. The number of amides is 1. The molecular weight excluding hydrogens is 506 g/mol. The Morgan fingerprint density at radius 2 is 1.82 bits per heavy atom. The Kier molecular flexibility index (Phi) is 6.89. The minimum Gasteiger partial charge on any atom is -0.481 e. The van der Waals surface area contributed by atoms with Crippen molar-refractivity contribution in [2.45, 2.75) is 20.3 Å². The van der Waals surface area contributed by atoms with Crippen LogP contribution in [0.2, 0.25) is 5.02 Å². The van der Waals surface area contributed by atoms with Gasteiger partial charge >= 0.3 is 12.1 Å². The number of rotatable bonds is 7. The van der Waals surface area contributed by atoms with Crippen LogP contribution < -0.4 is 4.90 Å². The molecule has 0 radical (unpaired) electrons. The van der Waals surface area contributed by atoms with Crippen LogP contribution in [0.15, 0.2) is 77.4 Å². The second-order valence-corrected chi connectivity index (χ2v) is 9.05. The van der Waals surface area contributed by atoms with E-state index in [4.69, 9.17) is 20.9 Å². The van der Waals surface area contributed by atoms with Crippen LogP contribution in [-0.4, -0.2) is 33.9 Å². The molecule has 0 aliphatic carbocycles. The molecule has 5 aromatic rings. The van der Waals surface area contributed by atoms with Crippen molar-refractivity contribution in [2.24, 2.45) is 0 Å². The summed E-state index contributed by atoms with van der Waals surface area (Å²) < 4.78 is 10.9. The van der Waals surface area contributed by atoms with E-state index >= 15 is 0 Å². The van der Waals surface area contributed by atoms with Crippen LogP contribution in [0.4, 0.5) is 16.2 Å². The fourth-order valence-electron chi connectivity index (χ4n) is 4.46. The number of anilines is 2. The Bertz CT molecular complexity index is 1660. The van der Waals surface area contributed by atoms with Crippen LogP contribution in [0, 0.1) is 6.92 Å². The van der Waals surface area contributed by atoms with E-state index in [9.17, 15) is 14.7 Å². The van der Waals surface area contributed by atoms with Gasteiger partial charge in [0, 0.05) is 22.7 Å². The molecule has 2 N–H and O–H groups in total. The van der Waals surface area contributed by atoms with Crippen LogP contribution in [-0.2, 0) is 16.0 Å². The summed E-state index contributed by atoms with van der Waals surface area (Å²) in [4.78, 5) is 29.0. The first-order chi connectivity index (χ1) is 18.4. The molecule has 0 saturated carbocycles. The van der Waals surface area contributed by atoms with Crippen LogP contribution >= 0.6 is 11.6 Å². The molecule has 192 valence electrons. The Morgan fingerprint density at radius 1 is 1.05 bits per heavy atom. The molecule has 0 spiro atoms. The second kappa shape index (κ2) is 10.4. The molecule has 0 fully saturated rings. The summed E-state index contributed by atoms with van der Waals surface area (Å²) in [6.07, 6.45) is 1.05. The van der Waals surface area contributed by atoms with Crippen LogP contribution in [0.25, 0.3) is 33.3 Å². The molecule has 0 saturated heterocycles. The van der Waals surface area contributed by atoms with E-state index in [-0.39, 0.29) is 13.0 Å². The summed E-state index contributed by atoms with van der Waals surface area (Å²) in [5, 5.41) is 14.8. The summed E-state index contributed by atoms with van der Waals surface area (Å²) in [5.74, 6) is -0.470. The van der Waals surface area contributed by atoms with Gasteiger partial charge in [-0.25, -0.2) is 9.69 Å². The number of ether oxygens (including phenoxy) is 1. The zero-order valence-corrected chi connectivity index (χ0v) is 21.5. The van der Waals surface area contributed by atoms with E-state index in [1.807, 2.05) is 42.5 Å². The van der Waals surface area contributed by atoms with Crippen LogP contribution in [0.5, 0.6) is 0 Å². The summed E-state index contributed by atoms with van der Waals surface area (Å²) in [5.41, 5.74) is 5.41. The lowest BCUT2D eigenvalue weighted by molar-refractivity contribution is -0.136. The minimum absolute atomic E-state index is 0.0726. The molecule has 8 nitrogen and oxygen atoms in total. The first kappa shape index (κ1) is 25.1. The standard InChI is InChI=1S/C29H24ClN3O5/c1-3-37-29(36)33(25-10-5-4-9-23(25)30)28-17(2)38-32-27(28)20-8-6-7-18(13-20)19-11-12-24-22(14-19)21(16-31-24)15-26(34)35/h4-14,16,31H,3,15H2,1-2H3,(H,34,35). The number of aryl methyl sites for hydroxylation is 1. The maximum atomic E-state index is 13.2. The van der Waals surface area contributed by atoms with Gasteiger partial charge in [-0.3, -0.25) is 4.79 Å². The highest BCUT2D eigenvalue weighted by atomic mass is 35.5. The van der Waals surface area contributed by atoms with E-state index in [1.54, 1.807) is 44.3 Å². The number of aromatic nitrogens is 2. The predicted octanol–water partition coefficient (Wildman–Crippen LogP) is 7.37. The number of nitrogens with zero attached hydrogens (tertiary/aromatic N) is 2. The van der Waals surface area contributed by atoms with E-state index in [1.165, 1.54) is 4.90 Å². The summed E-state index contributed by atoms with van der Waals surface area (Å²) >= 11 is 6.48. The van der Waals surface area contributed by atoms with Crippen molar-refractivity contribution in [1.29, 1.82) is 0 Å². The van der Waals surface area contributed by atoms with Gasteiger partial charge in [-0.2, -0.15) is 0 Å². The monoisotopic (exact) mass is 529 g/mol. The number of carboxylic acids is 1. The summed E-state index contributed by atoms with van der Waals surface area (Å²) in [6, 6.07) is 20.5. The number of halogens is 1. The maximum Gasteiger partial charge on any atom is 0.419 e. The number of hydrogen-bond acceptors (Lipinski definition) is 5. The zero-order valence-electron chi connectivity index (χ0n) is 20.7. The molecular formula is C29H24ClN3O5. The number of para-hydroxylation sites is 1. The quantitative estimate of drug-likeness (QED) is 0.228. The lowest BCUT2D eigenvalue weighted by atomic mass is 9.98. The number of carbonyl (C=O) groups is 2. The number of carboxylic acid groups (broad SMARTS) is 1. The van der Waals surface area contributed by atoms with Crippen molar-refractivity contribution in [2.75, 3.05) is 11.5 Å². The molecule has 5 rings (SSSR count). The Labute approximate surface area is 223 Å². The van der Waals surface area contributed by atoms with Gasteiger partial charge < -0.3 is 19.4 Å². The maximum absolute atomic E-state index is 13.2. The van der Waals surface area contributed by atoms with Crippen molar-refractivity contribution in [3.05, 3.63) is 89.3 Å². The first-order valence-corrected chi connectivity index (χ1v) is 12.4. The second-order valence-electron chi connectivity index (χ2n) is 8.65. The van der Waals surface area contributed by atoms with E-state index in [0.29, 0.717) is 33.4 Å². The fourth-order valence-corrected chi connectivity index (χ4v) is 4.68. The van der Waals surface area contributed by atoms with Gasteiger partial charge in [-0.15, -0.1) is 0 Å². The highest BCUT2D eigenvalue weighted by molar-refractivity contribution is 6.34. The van der Waals surface area contributed by atoms with Crippen LogP contribution in [0.3, 0.4) is 0 Å². The van der Waals surface area contributed by atoms with Gasteiger partial charge in [0.25, 0.3) is 0 Å². The molecule has 9 heteroatoms. The molecule has 1 amide bonds. The van der Waals surface area contributed by atoms with Gasteiger partial charge in [-0.05, 0) is 60.9 Å². The number of hydrogen-bond donors (Lipinski definition) is 2. The lowest BCUT2D eigenvalue weighted by Crippen LogP contribution is -2.27. The normalized spacial score (nSPS) is 11.0. The molecule has 0 aliphatic heterocycles. The Hall–Kier alpha value is -4.56. The van der Waals surface area contributed by atoms with Crippen LogP contribution in [0.1, 0.15) is 18.2 Å². The third-order valence-corrected chi connectivity index (χ3v) is 6.50. The Balaban J connectivity index is 1.61. The SMILES string of the molecule is CCOC(=O)N(c1ccccc1Cl)c1c(-c2cccc(-c3ccc4[nH]cc(CC(=O)O)c4c3)c2)noc1C.